The Morgan fingerprint density at radius 1 is 0.923 bits per heavy atom. The van der Waals surface area contributed by atoms with Crippen LogP contribution in [0.1, 0.15) is 13.8 Å². The Morgan fingerprint density at radius 2 is 1.00 bits per heavy atom. The van der Waals surface area contributed by atoms with E-state index in [0.29, 0.717) is 0 Å². The van der Waals surface area contributed by atoms with E-state index in [1.165, 1.54) is 13.8 Å². The van der Waals surface area contributed by atoms with E-state index in [0.717, 1.165) is 0 Å². The summed E-state index contributed by atoms with van der Waals surface area (Å²) in [6.45, 7) is 8.95. The standard InChI is InChI=1S/2C4H6O2.Sn.2H/c2*1-3(2)4(5)6;;;/h2*1H2,2H3,(H,5,6);;;/q;;+2;;/p-2. The molecule has 5 heteroatoms. The van der Waals surface area contributed by atoms with Gasteiger partial charge in [-0.15, -0.1) is 0 Å². The molecular formula is C8H12O4Sn. The molecule has 0 heterocycles. The van der Waals surface area contributed by atoms with Crippen molar-refractivity contribution in [1.82, 2.24) is 0 Å². The SMILES string of the molecule is C=C(C)C(=O)[O-].C=C(C)C(=O)[O-].[SnH2+2]. The van der Waals surface area contributed by atoms with Crippen molar-refractivity contribution in [3.8, 4) is 0 Å². The van der Waals surface area contributed by atoms with Crippen LogP contribution >= 0.6 is 0 Å². The van der Waals surface area contributed by atoms with Gasteiger partial charge in [0.05, 0.1) is 11.9 Å². The van der Waals surface area contributed by atoms with Crippen molar-refractivity contribution in [3.63, 3.8) is 0 Å². The molecule has 0 aliphatic rings. The van der Waals surface area contributed by atoms with Crippen LogP contribution in [0.3, 0.4) is 0 Å². The number of rotatable bonds is 2. The van der Waals surface area contributed by atoms with E-state index in [1.54, 1.807) is 0 Å². The summed E-state index contributed by atoms with van der Waals surface area (Å²) in [6.07, 6.45) is 0. The van der Waals surface area contributed by atoms with Gasteiger partial charge in [-0.1, -0.05) is 13.2 Å². The molecular weight excluding hydrogens is 279 g/mol. The van der Waals surface area contributed by atoms with Gasteiger partial charge in [-0.25, -0.2) is 0 Å². The molecule has 0 saturated heterocycles. The van der Waals surface area contributed by atoms with E-state index in [-0.39, 0.29) is 35.1 Å². The maximum absolute atomic E-state index is 9.49. The van der Waals surface area contributed by atoms with Crippen molar-refractivity contribution >= 4 is 35.8 Å². The van der Waals surface area contributed by atoms with Crippen molar-refractivity contribution < 1.29 is 19.8 Å². The van der Waals surface area contributed by atoms with Crippen LogP contribution < -0.4 is 10.2 Å². The van der Waals surface area contributed by atoms with Gasteiger partial charge in [0.2, 0.25) is 0 Å². The molecule has 0 aromatic carbocycles. The van der Waals surface area contributed by atoms with E-state index in [9.17, 15) is 19.8 Å². The van der Waals surface area contributed by atoms with Gasteiger partial charge in [0, 0.05) is 0 Å². The van der Waals surface area contributed by atoms with Gasteiger partial charge in [-0.05, 0) is 25.0 Å². The van der Waals surface area contributed by atoms with Gasteiger partial charge in [0.1, 0.15) is 0 Å². The first kappa shape index (κ1) is 18.1. The Kier molecular flexibility index (Phi) is 13.0. The number of hydrogen-bond donors (Lipinski definition) is 0. The monoisotopic (exact) mass is 292 g/mol. The molecule has 0 fully saturated rings. The minimum atomic E-state index is -1.19. The van der Waals surface area contributed by atoms with Gasteiger partial charge in [0.25, 0.3) is 0 Å². The number of carbonyl (C=O) groups excluding carboxylic acids is 2. The maximum atomic E-state index is 9.49. The second kappa shape index (κ2) is 9.31. The Labute approximate surface area is 93.9 Å². The van der Waals surface area contributed by atoms with E-state index in [4.69, 9.17) is 0 Å². The summed E-state index contributed by atoms with van der Waals surface area (Å²) >= 11 is 0. The fraction of sp³-hybridized carbons (Fsp3) is 0.250. The molecule has 0 aromatic rings. The normalized spacial score (nSPS) is 6.92. The van der Waals surface area contributed by atoms with Crippen LogP contribution in [-0.2, 0) is 9.59 Å². The van der Waals surface area contributed by atoms with Crippen LogP contribution in [0.2, 0.25) is 0 Å². The average molecular weight is 291 g/mol. The van der Waals surface area contributed by atoms with Crippen LogP contribution in [0.15, 0.2) is 24.3 Å². The fourth-order valence-corrected chi connectivity index (χ4v) is 0. The zero-order valence-electron chi connectivity index (χ0n) is 7.75. The summed E-state index contributed by atoms with van der Waals surface area (Å²) in [5.74, 6) is -2.37. The minimum absolute atomic E-state index is 0. The molecule has 0 unspecified atom stereocenters. The first-order valence-corrected chi connectivity index (χ1v) is 3.02. The third kappa shape index (κ3) is 18.3. The van der Waals surface area contributed by atoms with Crippen LogP contribution in [0.25, 0.3) is 0 Å². The molecule has 0 aliphatic heterocycles. The van der Waals surface area contributed by atoms with E-state index < -0.39 is 11.9 Å². The van der Waals surface area contributed by atoms with Crippen LogP contribution in [0.5, 0.6) is 0 Å². The summed E-state index contributed by atoms with van der Waals surface area (Å²) in [5.41, 5.74) is 0.130. The molecule has 0 amide bonds. The number of carboxylic acid groups (broad SMARTS) is 2. The third-order valence-corrected chi connectivity index (χ3v) is 0.697. The molecule has 0 spiro atoms. The number of aliphatic carboxylic acids is 2. The first-order valence-electron chi connectivity index (χ1n) is 3.02. The zero-order chi connectivity index (χ0) is 10.3. The molecule has 0 bridgehead atoms. The molecule has 0 aliphatic carbocycles. The summed E-state index contributed by atoms with van der Waals surface area (Å²) in [4.78, 5) is 19.0. The van der Waals surface area contributed by atoms with Crippen molar-refractivity contribution in [1.29, 1.82) is 0 Å². The molecule has 72 valence electrons. The quantitative estimate of drug-likeness (QED) is 0.423. The topological polar surface area (TPSA) is 80.3 Å². The molecule has 0 atom stereocenters. The predicted molar refractivity (Wildman–Crippen MR) is 48.2 cm³/mol. The predicted octanol–water partition coefficient (Wildman–Crippen LogP) is -2.29. The Bertz CT molecular complexity index is 172. The molecule has 13 heavy (non-hydrogen) atoms. The van der Waals surface area contributed by atoms with Crippen molar-refractivity contribution in [2.45, 2.75) is 13.8 Å². The van der Waals surface area contributed by atoms with Crippen molar-refractivity contribution in [3.05, 3.63) is 24.3 Å². The molecule has 0 rings (SSSR count). The number of carbonyl (C=O) groups is 2. The van der Waals surface area contributed by atoms with Crippen LogP contribution in [-0.4, -0.2) is 35.8 Å². The van der Waals surface area contributed by atoms with Gasteiger partial charge in [0.15, 0.2) is 0 Å². The molecule has 0 saturated carbocycles. The Balaban J connectivity index is -0.000000143. The third-order valence-electron chi connectivity index (χ3n) is 0.697. The van der Waals surface area contributed by atoms with Crippen LogP contribution in [0.4, 0.5) is 0 Å². The first-order chi connectivity index (χ1) is 5.29. The van der Waals surface area contributed by atoms with Crippen LogP contribution in [0, 0.1) is 0 Å². The second-order valence-electron chi connectivity index (χ2n) is 2.14. The Hall–Kier alpha value is -0.781. The van der Waals surface area contributed by atoms with Gasteiger partial charge in [-0.3, -0.25) is 0 Å². The van der Waals surface area contributed by atoms with Gasteiger partial charge >= 0.3 is 23.9 Å². The molecule has 0 radical (unpaired) electrons. The number of hydrogen-bond acceptors (Lipinski definition) is 4. The summed E-state index contributed by atoms with van der Waals surface area (Å²) in [6, 6.07) is 0. The summed E-state index contributed by atoms with van der Waals surface area (Å²) in [7, 11) is 0. The van der Waals surface area contributed by atoms with E-state index in [1.807, 2.05) is 0 Å². The van der Waals surface area contributed by atoms with Crippen molar-refractivity contribution in [2.75, 3.05) is 0 Å². The summed E-state index contributed by atoms with van der Waals surface area (Å²) in [5, 5.41) is 19.0. The Morgan fingerprint density at radius 3 is 1.00 bits per heavy atom. The number of carboxylic acids is 2. The molecule has 4 nitrogen and oxygen atoms in total. The van der Waals surface area contributed by atoms with Crippen molar-refractivity contribution in [2.24, 2.45) is 0 Å². The second-order valence-corrected chi connectivity index (χ2v) is 2.14. The summed E-state index contributed by atoms with van der Waals surface area (Å²) < 4.78 is 0. The zero-order valence-corrected chi connectivity index (χ0v) is 11.8. The van der Waals surface area contributed by atoms with E-state index >= 15 is 0 Å². The molecule has 0 N–H and O–H groups in total. The molecule has 0 aromatic heterocycles. The fourth-order valence-electron chi connectivity index (χ4n) is 0. The van der Waals surface area contributed by atoms with E-state index in [2.05, 4.69) is 13.2 Å². The van der Waals surface area contributed by atoms with Gasteiger partial charge < -0.3 is 19.8 Å². The average Bonchev–Trinajstić information content (AvgIpc) is 1.88. The van der Waals surface area contributed by atoms with Gasteiger partial charge in [-0.2, -0.15) is 0 Å².